The molecule has 4 aromatic rings. The molecule has 6 heteroatoms. The van der Waals surface area contributed by atoms with Crippen molar-refractivity contribution < 1.29 is 9.18 Å². The number of hydrogen-bond acceptors (Lipinski definition) is 3. The van der Waals surface area contributed by atoms with Crippen LogP contribution in [0.3, 0.4) is 0 Å². The van der Waals surface area contributed by atoms with Gasteiger partial charge in [-0.15, -0.1) is 0 Å². The third kappa shape index (κ3) is 3.31. The Kier molecular flexibility index (Phi) is 4.39. The molecular formula is C23H22FN3OS. The quantitative estimate of drug-likeness (QED) is 0.442. The molecule has 2 aromatic carbocycles. The van der Waals surface area contributed by atoms with Crippen molar-refractivity contribution in [2.45, 2.75) is 20.3 Å². The van der Waals surface area contributed by atoms with E-state index < -0.39 is 0 Å². The number of piperidine rings is 1. The van der Waals surface area contributed by atoms with Crippen LogP contribution in [0.1, 0.15) is 30.6 Å². The van der Waals surface area contributed by atoms with Crippen molar-refractivity contribution in [1.82, 2.24) is 14.3 Å². The minimum absolute atomic E-state index is 0.114. The summed E-state index contributed by atoms with van der Waals surface area (Å²) in [6.07, 6.45) is 3.15. The van der Waals surface area contributed by atoms with Crippen LogP contribution in [0, 0.1) is 17.7 Å². The van der Waals surface area contributed by atoms with Gasteiger partial charge in [-0.1, -0.05) is 25.2 Å². The maximum Gasteiger partial charge on any atom is 0.253 e. The fourth-order valence-corrected chi connectivity index (χ4v) is 5.45. The third-order valence-corrected chi connectivity index (χ3v) is 6.65. The summed E-state index contributed by atoms with van der Waals surface area (Å²) in [6.45, 7) is 6.09. The van der Waals surface area contributed by atoms with E-state index >= 15 is 0 Å². The number of likely N-dealkylation sites (tertiary alicyclic amines) is 1. The van der Waals surface area contributed by atoms with Gasteiger partial charge in [-0.3, -0.25) is 9.20 Å². The van der Waals surface area contributed by atoms with Gasteiger partial charge in [0.1, 0.15) is 5.82 Å². The smallest absolute Gasteiger partial charge is 0.253 e. The second-order valence-electron chi connectivity index (χ2n) is 8.23. The molecule has 2 aromatic heterocycles. The molecule has 0 saturated carbocycles. The van der Waals surface area contributed by atoms with Crippen molar-refractivity contribution in [3.05, 3.63) is 60.0 Å². The van der Waals surface area contributed by atoms with E-state index in [0.29, 0.717) is 11.8 Å². The molecule has 0 spiro atoms. The lowest BCUT2D eigenvalue weighted by molar-refractivity contribution is 0.0623. The first-order valence-corrected chi connectivity index (χ1v) is 10.8. The fourth-order valence-electron chi connectivity index (χ4n) is 4.41. The van der Waals surface area contributed by atoms with Gasteiger partial charge in [0.05, 0.1) is 15.9 Å². The van der Waals surface area contributed by atoms with Crippen LogP contribution >= 0.6 is 11.3 Å². The monoisotopic (exact) mass is 407 g/mol. The zero-order valence-corrected chi connectivity index (χ0v) is 17.2. The lowest BCUT2D eigenvalue weighted by atomic mass is 9.91. The number of imidazole rings is 1. The van der Waals surface area contributed by atoms with E-state index in [0.717, 1.165) is 45.1 Å². The van der Waals surface area contributed by atoms with Crippen LogP contribution in [0.2, 0.25) is 0 Å². The molecule has 1 amide bonds. The summed E-state index contributed by atoms with van der Waals surface area (Å²) in [6, 6.07) is 12.3. The highest BCUT2D eigenvalue weighted by atomic mass is 32.1. The lowest BCUT2D eigenvalue weighted by Crippen LogP contribution is -2.42. The average Bonchev–Trinajstić information content (AvgIpc) is 3.24. The van der Waals surface area contributed by atoms with Crippen molar-refractivity contribution in [2.75, 3.05) is 13.1 Å². The first kappa shape index (κ1) is 18.3. The first-order valence-electron chi connectivity index (χ1n) is 9.95. The number of halogens is 1. The van der Waals surface area contributed by atoms with Gasteiger partial charge in [-0.05, 0) is 60.7 Å². The predicted octanol–water partition coefficient (Wildman–Crippen LogP) is 5.47. The van der Waals surface area contributed by atoms with Gasteiger partial charge in [0.25, 0.3) is 5.91 Å². The third-order valence-electron chi connectivity index (χ3n) is 5.64. The summed E-state index contributed by atoms with van der Waals surface area (Å²) in [4.78, 5) is 20.6. The van der Waals surface area contributed by atoms with Crippen molar-refractivity contribution in [3.63, 3.8) is 0 Å². The van der Waals surface area contributed by atoms with E-state index in [1.165, 1.54) is 18.6 Å². The predicted molar refractivity (Wildman–Crippen MR) is 115 cm³/mol. The molecule has 0 bridgehead atoms. The zero-order valence-electron chi connectivity index (χ0n) is 16.4. The van der Waals surface area contributed by atoms with E-state index in [1.807, 2.05) is 33.7 Å². The summed E-state index contributed by atoms with van der Waals surface area (Å²) in [5, 5.41) is 0. The minimum Gasteiger partial charge on any atom is -0.338 e. The van der Waals surface area contributed by atoms with Gasteiger partial charge in [0, 0.05) is 30.4 Å². The molecule has 1 saturated heterocycles. The van der Waals surface area contributed by atoms with Crippen LogP contribution in [-0.4, -0.2) is 33.3 Å². The Hall–Kier alpha value is -2.73. The zero-order chi connectivity index (χ0) is 20.1. The van der Waals surface area contributed by atoms with E-state index in [2.05, 4.69) is 13.8 Å². The van der Waals surface area contributed by atoms with Gasteiger partial charge in [0.2, 0.25) is 0 Å². The number of amides is 1. The highest BCUT2D eigenvalue weighted by Crippen LogP contribution is 2.31. The molecule has 2 atom stereocenters. The first-order chi connectivity index (χ1) is 14.0. The summed E-state index contributed by atoms with van der Waals surface area (Å²) >= 11 is 1.57. The van der Waals surface area contributed by atoms with Gasteiger partial charge < -0.3 is 4.90 Å². The van der Waals surface area contributed by atoms with Crippen LogP contribution in [0.15, 0.2) is 48.7 Å². The molecule has 148 valence electrons. The second-order valence-corrected chi connectivity index (χ2v) is 9.24. The Bertz CT molecular complexity index is 1200. The molecule has 1 aliphatic heterocycles. The largest absolute Gasteiger partial charge is 0.338 e. The molecule has 5 rings (SSSR count). The molecule has 0 aliphatic carbocycles. The fraction of sp³-hybridized carbons (Fsp3) is 0.304. The van der Waals surface area contributed by atoms with Crippen LogP contribution < -0.4 is 0 Å². The molecule has 1 fully saturated rings. The molecule has 4 nitrogen and oxygen atoms in total. The van der Waals surface area contributed by atoms with E-state index in [4.69, 9.17) is 4.98 Å². The van der Waals surface area contributed by atoms with Crippen molar-refractivity contribution in [3.8, 4) is 11.3 Å². The van der Waals surface area contributed by atoms with Crippen molar-refractivity contribution >= 4 is 32.4 Å². The van der Waals surface area contributed by atoms with Gasteiger partial charge in [-0.25, -0.2) is 9.37 Å². The summed E-state index contributed by atoms with van der Waals surface area (Å²) in [5.74, 6) is 0.945. The normalized spacial score (nSPS) is 19.9. The number of fused-ring (bicyclic) bond motifs is 3. The molecule has 0 radical (unpaired) electrons. The molecule has 3 heterocycles. The summed E-state index contributed by atoms with van der Waals surface area (Å²) in [7, 11) is 0. The van der Waals surface area contributed by atoms with E-state index in [1.54, 1.807) is 23.5 Å². The highest BCUT2D eigenvalue weighted by Gasteiger charge is 2.26. The number of nitrogens with zero attached hydrogens (tertiary/aromatic N) is 3. The second kappa shape index (κ2) is 6.95. The number of thiazole rings is 1. The summed E-state index contributed by atoms with van der Waals surface area (Å²) < 4.78 is 16.3. The van der Waals surface area contributed by atoms with Crippen molar-refractivity contribution in [2.24, 2.45) is 11.8 Å². The van der Waals surface area contributed by atoms with E-state index in [-0.39, 0.29) is 11.7 Å². The van der Waals surface area contributed by atoms with Crippen LogP contribution in [0.4, 0.5) is 4.39 Å². The SMILES string of the molecule is CC1CC(C)CN(C(=O)c2ccc3c(c2)sc2nc(-c4ccc(F)cc4)cn23)C1. The number of hydrogen-bond donors (Lipinski definition) is 0. The Labute approximate surface area is 172 Å². The average molecular weight is 408 g/mol. The Morgan fingerprint density at radius 2 is 1.83 bits per heavy atom. The Morgan fingerprint density at radius 1 is 1.10 bits per heavy atom. The Balaban J connectivity index is 1.48. The Morgan fingerprint density at radius 3 is 2.55 bits per heavy atom. The number of carbonyl (C=O) groups excluding carboxylic acids is 1. The topological polar surface area (TPSA) is 37.6 Å². The summed E-state index contributed by atoms with van der Waals surface area (Å²) in [5.41, 5.74) is 3.47. The number of aromatic nitrogens is 2. The molecule has 1 aliphatic rings. The number of rotatable bonds is 2. The molecular weight excluding hydrogens is 385 g/mol. The number of benzene rings is 2. The van der Waals surface area contributed by atoms with Crippen LogP contribution in [0.25, 0.3) is 26.4 Å². The van der Waals surface area contributed by atoms with Gasteiger partial charge >= 0.3 is 0 Å². The lowest BCUT2D eigenvalue weighted by Gasteiger charge is -2.35. The van der Waals surface area contributed by atoms with Gasteiger partial charge in [-0.2, -0.15) is 0 Å². The maximum absolute atomic E-state index is 13.2. The van der Waals surface area contributed by atoms with Gasteiger partial charge in [0.15, 0.2) is 4.96 Å². The molecule has 29 heavy (non-hydrogen) atoms. The standard InChI is InChI=1S/C23H22FN3OS/c1-14-9-15(2)12-26(11-14)22(28)17-5-8-20-21(10-17)29-23-25-19(13-27(20)23)16-3-6-18(24)7-4-16/h3-8,10,13-15H,9,11-12H2,1-2H3. The van der Waals surface area contributed by atoms with E-state index in [9.17, 15) is 9.18 Å². The highest BCUT2D eigenvalue weighted by molar-refractivity contribution is 7.23. The maximum atomic E-state index is 13.2. The minimum atomic E-state index is -0.255. The van der Waals surface area contributed by atoms with Crippen molar-refractivity contribution in [1.29, 1.82) is 0 Å². The van der Waals surface area contributed by atoms with Crippen LogP contribution in [-0.2, 0) is 0 Å². The molecule has 0 N–H and O–H groups in total. The molecule has 2 unspecified atom stereocenters. The van der Waals surface area contributed by atoms with Crippen LogP contribution in [0.5, 0.6) is 0 Å². The number of carbonyl (C=O) groups is 1.